The van der Waals surface area contributed by atoms with Crippen molar-refractivity contribution in [2.24, 2.45) is 0 Å². The molecule has 0 radical (unpaired) electrons. The molecule has 2 aromatic rings. The van der Waals surface area contributed by atoms with Crippen LogP contribution in [0.5, 0.6) is 0 Å². The van der Waals surface area contributed by atoms with Crippen molar-refractivity contribution in [3.05, 3.63) is 40.8 Å². The molecule has 74 valence electrons. The molecule has 0 fully saturated rings. The molecule has 2 rings (SSSR count). The van der Waals surface area contributed by atoms with Gasteiger partial charge in [0, 0.05) is 16.1 Å². The van der Waals surface area contributed by atoms with Gasteiger partial charge < -0.3 is 0 Å². The Kier molecular flexibility index (Phi) is 4.01. The molecule has 0 N–H and O–H groups in total. The van der Waals surface area contributed by atoms with Gasteiger partial charge in [0.15, 0.2) is 5.82 Å². The monoisotopic (exact) mass is 255 g/mol. The van der Waals surface area contributed by atoms with Gasteiger partial charge in [0.1, 0.15) is 5.52 Å². The number of fused-ring (bicyclic) bond motifs is 1. The number of hydrogen-bond donors (Lipinski definition) is 0. The third kappa shape index (κ3) is 2.29. The van der Waals surface area contributed by atoms with E-state index in [1.807, 2.05) is 26.0 Å². The van der Waals surface area contributed by atoms with Crippen molar-refractivity contribution in [2.45, 2.75) is 13.8 Å². The summed E-state index contributed by atoms with van der Waals surface area (Å²) in [6, 6.07) is 6.87. The average Bonchev–Trinajstić information content (AvgIpc) is 2.20. The van der Waals surface area contributed by atoms with Gasteiger partial charge in [-0.15, -0.1) is 0 Å². The highest BCUT2D eigenvalue weighted by Gasteiger charge is 2.01. The molecule has 0 atom stereocenters. The Morgan fingerprint density at radius 2 is 2.00 bits per heavy atom. The normalized spacial score (nSPS) is 9.43. The Balaban J connectivity index is 0.000000461. The van der Waals surface area contributed by atoms with Crippen LogP contribution in [0, 0.1) is 5.82 Å². The molecule has 3 heteroatoms. The Labute approximate surface area is 91.1 Å². The molecule has 1 nitrogen and oxygen atoms in total. The van der Waals surface area contributed by atoms with Crippen molar-refractivity contribution < 1.29 is 4.39 Å². The fourth-order valence-corrected chi connectivity index (χ4v) is 1.56. The fourth-order valence-electron chi connectivity index (χ4n) is 1.11. The highest BCUT2D eigenvalue weighted by atomic mass is 79.9. The summed E-state index contributed by atoms with van der Waals surface area (Å²) < 4.78 is 13.9. The second-order valence-electron chi connectivity index (χ2n) is 2.46. The van der Waals surface area contributed by atoms with Crippen LogP contribution in [0.15, 0.2) is 34.9 Å². The van der Waals surface area contributed by atoms with Crippen LogP contribution < -0.4 is 0 Å². The smallest absolute Gasteiger partial charge is 0.150 e. The van der Waals surface area contributed by atoms with Gasteiger partial charge >= 0.3 is 0 Å². The molecule has 1 heterocycles. The fraction of sp³-hybridized carbons (Fsp3) is 0.182. The van der Waals surface area contributed by atoms with E-state index in [1.54, 1.807) is 12.3 Å². The number of rotatable bonds is 0. The minimum absolute atomic E-state index is 0.292. The maximum absolute atomic E-state index is 13.2. The average molecular weight is 256 g/mol. The van der Waals surface area contributed by atoms with Crippen molar-refractivity contribution in [3.8, 4) is 0 Å². The highest BCUT2D eigenvalue weighted by molar-refractivity contribution is 9.10. The van der Waals surface area contributed by atoms with E-state index in [0.29, 0.717) is 5.52 Å². The van der Waals surface area contributed by atoms with Crippen LogP contribution >= 0.6 is 15.9 Å². The summed E-state index contributed by atoms with van der Waals surface area (Å²) >= 11 is 3.22. The molecule has 0 bridgehead atoms. The van der Waals surface area contributed by atoms with E-state index in [-0.39, 0.29) is 5.82 Å². The predicted octanol–water partition coefficient (Wildman–Crippen LogP) is 4.16. The lowest BCUT2D eigenvalue weighted by Gasteiger charge is -1.97. The topological polar surface area (TPSA) is 12.9 Å². The van der Waals surface area contributed by atoms with Gasteiger partial charge in [0.25, 0.3) is 0 Å². The molecular weight excluding hydrogens is 245 g/mol. The van der Waals surface area contributed by atoms with Crippen LogP contribution in [-0.4, -0.2) is 4.98 Å². The largest absolute Gasteiger partial charge is 0.253 e. The first-order valence-electron chi connectivity index (χ1n) is 4.47. The van der Waals surface area contributed by atoms with Crippen molar-refractivity contribution in [1.82, 2.24) is 4.98 Å². The summed E-state index contributed by atoms with van der Waals surface area (Å²) in [5, 5.41) is 0.810. The Morgan fingerprint density at radius 3 is 2.71 bits per heavy atom. The molecule has 0 aliphatic carbocycles. The van der Waals surface area contributed by atoms with Crippen LogP contribution in [0.4, 0.5) is 4.39 Å². The van der Waals surface area contributed by atoms with Crippen molar-refractivity contribution in [1.29, 1.82) is 0 Å². The van der Waals surface area contributed by atoms with E-state index in [4.69, 9.17) is 0 Å². The summed E-state index contributed by atoms with van der Waals surface area (Å²) in [7, 11) is 0. The first kappa shape index (κ1) is 11.1. The molecule has 0 spiro atoms. The molecule has 14 heavy (non-hydrogen) atoms. The number of hydrogen-bond acceptors (Lipinski definition) is 1. The maximum Gasteiger partial charge on any atom is 0.150 e. The molecule has 0 aliphatic rings. The standard InChI is InChI=1S/C9H5BrFN.C2H6/c10-7-4-6-2-1-3-12-9(6)8(11)5-7;1-2/h1-5H;1-2H3. The minimum Gasteiger partial charge on any atom is -0.253 e. The third-order valence-electron chi connectivity index (χ3n) is 1.62. The van der Waals surface area contributed by atoms with Gasteiger partial charge in [-0.3, -0.25) is 4.98 Å². The van der Waals surface area contributed by atoms with E-state index in [2.05, 4.69) is 20.9 Å². The van der Waals surface area contributed by atoms with Gasteiger partial charge in [-0.1, -0.05) is 35.8 Å². The molecule has 0 saturated heterocycles. The number of pyridine rings is 1. The van der Waals surface area contributed by atoms with E-state index in [1.165, 1.54) is 6.07 Å². The second kappa shape index (κ2) is 5.05. The molecule has 0 amide bonds. The Bertz CT molecular complexity index is 429. The third-order valence-corrected chi connectivity index (χ3v) is 2.08. The molecular formula is C11H11BrFN. The Hall–Kier alpha value is -0.960. The summed E-state index contributed by atoms with van der Waals surface area (Å²) in [6.45, 7) is 4.00. The van der Waals surface area contributed by atoms with Crippen molar-refractivity contribution in [3.63, 3.8) is 0 Å². The van der Waals surface area contributed by atoms with E-state index in [9.17, 15) is 4.39 Å². The molecule has 0 saturated carbocycles. The van der Waals surface area contributed by atoms with Gasteiger partial charge in [0.05, 0.1) is 0 Å². The zero-order chi connectivity index (χ0) is 10.6. The van der Waals surface area contributed by atoms with Crippen LogP contribution in [0.1, 0.15) is 13.8 Å². The predicted molar refractivity (Wildman–Crippen MR) is 60.7 cm³/mol. The second-order valence-corrected chi connectivity index (χ2v) is 3.38. The lowest BCUT2D eigenvalue weighted by Crippen LogP contribution is -1.82. The van der Waals surface area contributed by atoms with Crippen molar-refractivity contribution >= 4 is 26.8 Å². The first-order chi connectivity index (χ1) is 6.77. The lowest BCUT2D eigenvalue weighted by molar-refractivity contribution is 0.636. The molecule has 1 aromatic carbocycles. The number of aromatic nitrogens is 1. The minimum atomic E-state index is -0.292. The van der Waals surface area contributed by atoms with Gasteiger partial charge in [-0.2, -0.15) is 0 Å². The number of halogens is 2. The van der Waals surface area contributed by atoms with E-state index < -0.39 is 0 Å². The summed E-state index contributed by atoms with van der Waals surface area (Å²) in [5.74, 6) is -0.292. The zero-order valence-electron chi connectivity index (χ0n) is 8.09. The van der Waals surface area contributed by atoms with Crippen LogP contribution in [0.25, 0.3) is 10.9 Å². The van der Waals surface area contributed by atoms with Gasteiger partial charge in [-0.25, -0.2) is 4.39 Å². The lowest BCUT2D eigenvalue weighted by atomic mass is 10.2. The number of nitrogens with zero attached hydrogens (tertiary/aromatic N) is 1. The van der Waals surface area contributed by atoms with E-state index in [0.717, 1.165) is 9.86 Å². The number of benzene rings is 1. The quantitative estimate of drug-likeness (QED) is 0.689. The Morgan fingerprint density at radius 1 is 1.29 bits per heavy atom. The summed E-state index contributed by atoms with van der Waals surface area (Å²) in [4.78, 5) is 3.93. The summed E-state index contributed by atoms with van der Waals surface area (Å²) in [5.41, 5.74) is 0.417. The molecule has 0 aliphatic heterocycles. The van der Waals surface area contributed by atoms with Gasteiger partial charge in [-0.05, 0) is 18.2 Å². The maximum atomic E-state index is 13.2. The van der Waals surface area contributed by atoms with Crippen LogP contribution in [0.3, 0.4) is 0 Å². The van der Waals surface area contributed by atoms with E-state index >= 15 is 0 Å². The highest BCUT2D eigenvalue weighted by Crippen LogP contribution is 2.20. The first-order valence-corrected chi connectivity index (χ1v) is 5.26. The van der Waals surface area contributed by atoms with Crippen LogP contribution in [0.2, 0.25) is 0 Å². The zero-order valence-corrected chi connectivity index (χ0v) is 9.68. The van der Waals surface area contributed by atoms with Crippen LogP contribution in [-0.2, 0) is 0 Å². The molecule has 0 unspecified atom stereocenters. The van der Waals surface area contributed by atoms with Crippen molar-refractivity contribution in [2.75, 3.05) is 0 Å². The SMILES string of the molecule is CC.Fc1cc(Br)cc2cccnc12. The molecule has 1 aromatic heterocycles. The van der Waals surface area contributed by atoms with Gasteiger partial charge in [0.2, 0.25) is 0 Å². The summed E-state index contributed by atoms with van der Waals surface area (Å²) in [6.07, 6.45) is 1.58.